The van der Waals surface area contributed by atoms with Crippen LogP contribution in [0.5, 0.6) is 0 Å². The van der Waals surface area contributed by atoms with Crippen LogP contribution in [0.3, 0.4) is 0 Å². The lowest BCUT2D eigenvalue weighted by molar-refractivity contribution is 0.470. The second-order valence-corrected chi connectivity index (χ2v) is 3.00. The van der Waals surface area contributed by atoms with Crippen LogP contribution in [0.25, 0.3) is 0 Å². The van der Waals surface area contributed by atoms with Gasteiger partial charge >= 0.3 is 0 Å². The highest BCUT2D eigenvalue weighted by molar-refractivity contribution is 6.27. The van der Waals surface area contributed by atoms with Gasteiger partial charge in [-0.05, 0) is 17.5 Å². The van der Waals surface area contributed by atoms with Gasteiger partial charge in [0.2, 0.25) is 0 Å². The van der Waals surface area contributed by atoms with Crippen molar-refractivity contribution in [2.75, 3.05) is 0 Å². The van der Waals surface area contributed by atoms with E-state index in [9.17, 15) is 0 Å². The van der Waals surface area contributed by atoms with E-state index in [1.807, 2.05) is 0 Å². The average molecular weight is 160 g/mol. The molecule has 10 heavy (non-hydrogen) atoms. The van der Waals surface area contributed by atoms with E-state index in [-0.39, 0.29) is 5.35 Å². The van der Waals surface area contributed by atoms with Crippen LogP contribution in [0.2, 0.25) is 5.35 Å². The largest absolute Gasteiger partial charge is 0.433 e. The van der Waals surface area contributed by atoms with E-state index in [1.165, 1.54) is 0 Å². The molecule has 0 aromatic carbocycles. The molecule has 0 saturated heterocycles. The number of aromatic nitrogens is 1. The highest BCUT2D eigenvalue weighted by Gasteiger charge is 2.02. The fraction of sp³-hybridized carbons (Fsp3) is 0.571. The van der Waals surface area contributed by atoms with Gasteiger partial charge in [-0.2, -0.15) is 0 Å². The monoisotopic (exact) mass is 159 g/mol. The maximum atomic E-state index is 5.47. The summed E-state index contributed by atoms with van der Waals surface area (Å²) in [7, 11) is 0. The van der Waals surface area contributed by atoms with Gasteiger partial charge in [0.1, 0.15) is 5.76 Å². The summed E-state index contributed by atoms with van der Waals surface area (Å²) >= 11 is 5.47. The van der Waals surface area contributed by atoms with Crippen LogP contribution >= 0.6 is 11.6 Å². The van der Waals surface area contributed by atoms with Gasteiger partial charge in [0.05, 0.1) is 6.20 Å². The lowest BCUT2D eigenvalue weighted by Crippen LogP contribution is -1.90. The molecular weight excluding hydrogens is 150 g/mol. The van der Waals surface area contributed by atoms with Crippen molar-refractivity contribution in [1.82, 2.24) is 4.98 Å². The zero-order valence-electron chi connectivity index (χ0n) is 6.10. The van der Waals surface area contributed by atoms with Gasteiger partial charge < -0.3 is 4.42 Å². The molecule has 0 saturated carbocycles. The number of oxazole rings is 1. The summed E-state index contributed by atoms with van der Waals surface area (Å²) in [6.45, 7) is 4.24. The van der Waals surface area contributed by atoms with E-state index >= 15 is 0 Å². The van der Waals surface area contributed by atoms with Gasteiger partial charge in [0.15, 0.2) is 0 Å². The molecule has 0 unspecified atom stereocenters. The molecule has 0 aliphatic heterocycles. The minimum absolute atomic E-state index is 0.232. The molecule has 56 valence electrons. The van der Waals surface area contributed by atoms with Gasteiger partial charge in [-0.1, -0.05) is 13.8 Å². The minimum atomic E-state index is 0.232. The van der Waals surface area contributed by atoms with Crippen molar-refractivity contribution in [2.24, 2.45) is 5.92 Å². The Morgan fingerprint density at radius 2 is 2.40 bits per heavy atom. The van der Waals surface area contributed by atoms with Crippen LogP contribution in [0, 0.1) is 5.92 Å². The molecule has 1 aromatic rings. The van der Waals surface area contributed by atoms with Gasteiger partial charge in [0, 0.05) is 6.42 Å². The van der Waals surface area contributed by atoms with Crippen molar-refractivity contribution in [3.05, 3.63) is 17.3 Å². The highest BCUT2D eigenvalue weighted by atomic mass is 35.5. The standard InChI is InChI=1S/C7H10ClNO/c1-5(2)3-6-4-9-7(8)10-6/h4-5H,3H2,1-2H3. The molecule has 0 spiro atoms. The molecule has 1 aromatic heterocycles. The van der Waals surface area contributed by atoms with E-state index in [0.717, 1.165) is 12.2 Å². The Labute approximate surface area is 65.2 Å². The SMILES string of the molecule is CC(C)Cc1cnc(Cl)o1. The molecule has 0 fully saturated rings. The zero-order valence-corrected chi connectivity index (χ0v) is 6.85. The minimum Gasteiger partial charge on any atom is -0.433 e. The first-order chi connectivity index (χ1) is 4.68. The van der Waals surface area contributed by atoms with Crippen LogP contribution < -0.4 is 0 Å². The molecule has 3 heteroatoms. The Kier molecular flexibility index (Phi) is 2.33. The van der Waals surface area contributed by atoms with E-state index in [1.54, 1.807) is 6.20 Å². The lowest BCUT2D eigenvalue weighted by atomic mass is 10.1. The predicted octanol–water partition coefficient (Wildman–Crippen LogP) is 2.53. The molecular formula is C7H10ClNO. The smallest absolute Gasteiger partial charge is 0.292 e. The Balaban J connectivity index is 2.58. The zero-order chi connectivity index (χ0) is 7.56. The summed E-state index contributed by atoms with van der Waals surface area (Å²) < 4.78 is 5.05. The first kappa shape index (κ1) is 7.61. The Hall–Kier alpha value is -0.500. The molecule has 1 rings (SSSR count). The van der Waals surface area contributed by atoms with Gasteiger partial charge in [0.25, 0.3) is 5.35 Å². The predicted molar refractivity (Wildman–Crippen MR) is 40.1 cm³/mol. The molecule has 0 aliphatic rings. The van der Waals surface area contributed by atoms with E-state index in [0.29, 0.717) is 5.92 Å². The summed E-state index contributed by atoms with van der Waals surface area (Å²) in [5, 5.41) is 0.232. The Bertz CT molecular complexity index is 207. The topological polar surface area (TPSA) is 26.0 Å². The second kappa shape index (κ2) is 3.06. The van der Waals surface area contributed by atoms with Crippen LogP contribution in [-0.2, 0) is 6.42 Å². The van der Waals surface area contributed by atoms with Crippen LogP contribution in [0.1, 0.15) is 19.6 Å². The van der Waals surface area contributed by atoms with E-state index in [4.69, 9.17) is 16.0 Å². The fourth-order valence-electron chi connectivity index (χ4n) is 0.780. The summed E-state index contributed by atoms with van der Waals surface area (Å²) in [5.41, 5.74) is 0. The number of nitrogens with zero attached hydrogens (tertiary/aromatic N) is 1. The third kappa shape index (κ3) is 2.03. The van der Waals surface area contributed by atoms with Crippen LogP contribution in [0.15, 0.2) is 10.6 Å². The first-order valence-corrected chi connectivity index (χ1v) is 3.66. The third-order valence-electron chi connectivity index (χ3n) is 1.13. The van der Waals surface area contributed by atoms with Gasteiger partial charge in [-0.15, -0.1) is 0 Å². The van der Waals surface area contributed by atoms with Gasteiger partial charge in [-0.3, -0.25) is 0 Å². The van der Waals surface area contributed by atoms with Crippen molar-refractivity contribution < 1.29 is 4.42 Å². The molecule has 0 atom stereocenters. The summed E-state index contributed by atoms with van der Waals surface area (Å²) in [6.07, 6.45) is 2.57. The van der Waals surface area contributed by atoms with Crippen molar-refractivity contribution >= 4 is 11.6 Å². The average Bonchev–Trinajstić information content (AvgIpc) is 2.13. The molecule has 2 nitrogen and oxygen atoms in total. The maximum absolute atomic E-state index is 5.47. The molecule has 0 radical (unpaired) electrons. The summed E-state index contributed by atoms with van der Waals surface area (Å²) in [5.74, 6) is 1.45. The van der Waals surface area contributed by atoms with E-state index < -0.39 is 0 Å². The normalized spacial score (nSPS) is 10.8. The number of hydrogen-bond acceptors (Lipinski definition) is 2. The maximum Gasteiger partial charge on any atom is 0.292 e. The molecule has 0 N–H and O–H groups in total. The van der Waals surface area contributed by atoms with Crippen LogP contribution in [-0.4, -0.2) is 4.98 Å². The van der Waals surface area contributed by atoms with Crippen molar-refractivity contribution in [1.29, 1.82) is 0 Å². The molecule has 0 bridgehead atoms. The van der Waals surface area contributed by atoms with Crippen LogP contribution in [0.4, 0.5) is 0 Å². The highest BCUT2D eigenvalue weighted by Crippen LogP contribution is 2.12. The molecule has 0 amide bonds. The second-order valence-electron chi connectivity index (χ2n) is 2.68. The Morgan fingerprint density at radius 3 is 2.80 bits per heavy atom. The summed E-state index contributed by atoms with van der Waals surface area (Å²) in [6, 6.07) is 0. The fourth-order valence-corrected chi connectivity index (χ4v) is 0.928. The van der Waals surface area contributed by atoms with Crippen molar-refractivity contribution in [3.63, 3.8) is 0 Å². The number of halogens is 1. The lowest BCUT2D eigenvalue weighted by Gasteiger charge is -1.97. The van der Waals surface area contributed by atoms with Crippen molar-refractivity contribution in [3.8, 4) is 0 Å². The third-order valence-corrected chi connectivity index (χ3v) is 1.31. The Morgan fingerprint density at radius 1 is 1.70 bits per heavy atom. The first-order valence-electron chi connectivity index (χ1n) is 3.28. The van der Waals surface area contributed by atoms with Crippen molar-refractivity contribution in [2.45, 2.75) is 20.3 Å². The number of rotatable bonds is 2. The van der Waals surface area contributed by atoms with Gasteiger partial charge in [-0.25, -0.2) is 4.98 Å². The molecule has 0 aliphatic carbocycles. The number of hydrogen-bond donors (Lipinski definition) is 0. The van der Waals surface area contributed by atoms with E-state index in [2.05, 4.69) is 18.8 Å². The quantitative estimate of drug-likeness (QED) is 0.663. The molecule has 1 heterocycles. The summed E-state index contributed by atoms with van der Waals surface area (Å²) in [4.78, 5) is 3.77.